The first-order valence-corrected chi connectivity index (χ1v) is 7.40. The summed E-state index contributed by atoms with van der Waals surface area (Å²) in [5.41, 5.74) is 2.09. The van der Waals surface area contributed by atoms with Gasteiger partial charge in [0, 0.05) is 5.56 Å². The molecule has 2 rings (SSSR count). The second-order valence-electron chi connectivity index (χ2n) is 5.48. The van der Waals surface area contributed by atoms with Crippen molar-refractivity contribution in [1.29, 1.82) is 0 Å². The van der Waals surface area contributed by atoms with E-state index in [9.17, 15) is 4.79 Å². The van der Waals surface area contributed by atoms with Crippen molar-refractivity contribution in [2.24, 2.45) is 0 Å². The van der Waals surface area contributed by atoms with Crippen LogP contribution >= 0.6 is 0 Å². The van der Waals surface area contributed by atoms with E-state index in [1.165, 1.54) is 50.5 Å². The van der Waals surface area contributed by atoms with Crippen LogP contribution in [0.1, 0.15) is 68.3 Å². The second kappa shape index (κ2) is 6.77. The molecular formula is C16H24O2. The Balaban J connectivity index is 2.17. The molecule has 1 aromatic heterocycles. The maximum atomic E-state index is 11.9. The minimum Gasteiger partial charge on any atom is -0.428 e. The third-order valence-corrected chi connectivity index (χ3v) is 3.89. The van der Waals surface area contributed by atoms with Crippen LogP contribution in [0.25, 0.3) is 0 Å². The summed E-state index contributed by atoms with van der Waals surface area (Å²) in [7, 11) is 0. The van der Waals surface area contributed by atoms with Gasteiger partial charge in [0.1, 0.15) is 5.76 Å². The Morgan fingerprint density at radius 2 is 1.44 bits per heavy atom. The van der Waals surface area contributed by atoms with E-state index < -0.39 is 0 Å². The molecule has 0 spiro atoms. The minimum absolute atomic E-state index is 0.0953. The summed E-state index contributed by atoms with van der Waals surface area (Å²) in [4.78, 5) is 11.9. The van der Waals surface area contributed by atoms with E-state index in [0.717, 1.165) is 30.6 Å². The van der Waals surface area contributed by atoms with Crippen molar-refractivity contribution in [3.8, 4) is 0 Å². The molecule has 0 aliphatic heterocycles. The van der Waals surface area contributed by atoms with Gasteiger partial charge in [-0.2, -0.15) is 0 Å². The standard InChI is InChI=1S/C16H24O2/c1-13-12-14-10-8-6-4-2-3-5-7-9-11-15(14)16(17)18-13/h12H,2-11H2,1H3. The molecule has 1 heterocycles. The lowest BCUT2D eigenvalue weighted by molar-refractivity contribution is 0.463. The van der Waals surface area contributed by atoms with Crippen LogP contribution in [-0.4, -0.2) is 0 Å². The lowest BCUT2D eigenvalue weighted by atomic mass is 9.96. The molecule has 0 aromatic carbocycles. The zero-order valence-electron chi connectivity index (χ0n) is 11.5. The summed E-state index contributed by atoms with van der Waals surface area (Å²) in [6.07, 6.45) is 12.2. The van der Waals surface area contributed by atoms with Gasteiger partial charge >= 0.3 is 5.63 Å². The normalized spacial score (nSPS) is 18.5. The van der Waals surface area contributed by atoms with Crippen molar-refractivity contribution in [2.45, 2.75) is 71.1 Å². The van der Waals surface area contributed by atoms with Gasteiger partial charge in [0.05, 0.1) is 0 Å². The highest BCUT2D eigenvalue weighted by atomic mass is 16.4. The third kappa shape index (κ3) is 3.72. The second-order valence-corrected chi connectivity index (χ2v) is 5.48. The molecular weight excluding hydrogens is 224 g/mol. The number of rotatable bonds is 0. The molecule has 0 amide bonds. The molecule has 0 N–H and O–H groups in total. The Bertz CT molecular complexity index is 431. The van der Waals surface area contributed by atoms with Gasteiger partial charge in [0.2, 0.25) is 0 Å². The Kier molecular flexibility index (Phi) is 5.03. The highest BCUT2D eigenvalue weighted by molar-refractivity contribution is 5.25. The monoisotopic (exact) mass is 248 g/mol. The molecule has 2 nitrogen and oxygen atoms in total. The van der Waals surface area contributed by atoms with Crippen molar-refractivity contribution in [1.82, 2.24) is 0 Å². The molecule has 0 saturated carbocycles. The van der Waals surface area contributed by atoms with Crippen LogP contribution in [0.5, 0.6) is 0 Å². The molecule has 2 heteroatoms. The van der Waals surface area contributed by atoms with Crippen molar-refractivity contribution in [3.63, 3.8) is 0 Å². The van der Waals surface area contributed by atoms with Crippen LogP contribution in [0.3, 0.4) is 0 Å². The summed E-state index contributed by atoms with van der Waals surface area (Å²) in [6.45, 7) is 1.87. The molecule has 0 radical (unpaired) electrons. The summed E-state index contributed by atoms with van der Waals surface area (Å²) < 4.78 is 5.24. The number of hydrogen-bond acceptors (Lipinski definition) is 2. The quantitative estimate of drug-likeness (QED) is 0.690. The van der Waals surface area contributed by atoms with E-state index in [1.807, 2.05) is 6.92 Å². The lowest BCUT2D eigenvalue weighted by Crippen LogP contribution is -2.12. The Labute approximate surface area is 109 Å². The van der Waals surface area contributed by atoms with E-state index >= 15 is 0 Å². The first kappa shape index (κ1) is 13.4. The van der Waals surface area contributed by atoms with Crippen LogP contribution in [0.15, 0.2) is 15.3 Å². The van der Waals surface area contributed by atoms with Gasteiger partial charge in [-0.25, -0.2) is 4.79 Å². The fourth-order valence-corrected chi connectivity index (χ4v) is 2.86. The van der Waals surface area contributed by atoms with Gasteiger partial charge in [-0.3, -0.25) is 0 Å². The highest BCUT2D eigenvalue weighted by Gasteiger charge is 2.10. The van der Waals surface area contributed by atoms with Crippen LogP contribution < -0.4 is 5.63 Å². The van der Waals surface area contributed by atoms with E-state index in [-0.39, 0.29) is 5.63 Å². The number of aryl methyl sites for hydroxylation is 2. The zero-order chi connectivity index (χ0) is 12.8. The topological polar surface area (TPSA) is 30.2 Å². The van der Waals surface area contributed by atoms with Crippen LogP contribution in [0, 0.1) is 6.92 Å². The summed E-state index contributed by atoms with van der Waals surface area (Å²) in [5.74, 6) is 0.755. The molecule has 1 aliphatic rings. The van der Waals surface area contributed by atoms with Crippen LogP contribution in [0.2, 0.25) is 0 Å². The summed E-state index contributed by atoms with van der Waals surface area (Å²) in [5, 5.41) is 0. The smallest absolute Gasteiger partial charge is 0.339 e. The summed E-state index contributed by atoms with van der Waals surface area (Å²) >= 11 is 0. The fraction of sp³-hybridized carbons (Fsp3) is 0.688. The van der Waals surface area contributed by atoms with Gasteiger partial charge in [-0.1, -0.05) is 38.5 Å². The minimum atomic E-state index is -0.0953. The number of hydrogen-bond donors (Lipinski definition) is 0. The highest BCUT2D eigenvalue weighted by Crippen LogP contribution is 2.18. The Morgan fingerprint density at radius 3 is 2.11 bits per heavy atom. The van der Waals surface area contributed by atoms with Gasteiger partial charge in [-0.15, -0.1) is 0 Å². The predicted molar refractivity (Wildman–Crippen MR) is 74.1 cm³/mol. The van der Waals surface area contributed by atoms with Gasteiger partial charge < -0.3 is 4.42 Å². The molecule has 1 aromatic rings. The molecule has 18 heavy (non-hydrogen) atoms. The maximum Gasteiger partial charge on any atom is 0.339 e. The van der Waals surface area contributed by atoms with E-state index in [0.29, 0.717) is 0 Å². The number of fused-ring (bicyclic) bond motifs is 1. The SMILES string of the molecule is Cc1cc2c(c(=O)o1)CCCCCCCCCC2. The Hall–Kier alpha value is -1.05. The van der Waals surface area contributed by atoms with Crippen LogP contribution in [0.4, 0.5) is 0 Å². The van der Waals surface area contributed by atoms with Crippen molar-refractivity contribution < 1.29 is 4.42 Å². The third-order valence-electron chi connectivity index (χ3n) is 3.89. The Morgan fingerprint density at radius 1 is 0.889 bits per heavy atom. The van der Waals surface area contributed by atoms with E-state index in [4.69, 9.17) is 4.42 Å². The van der Waals surface area contributed by atoms with Crippen LogP contribution in [-0.2, 0) is 12.8 Å². The molecule has 0 saturated heterocycles. The molecule has 1 aliphatic carbocycles. The summed E-state index contributed by atoms with van der Waals surface area (Å²) in [6, 6.07) is 2.07. The predicted octanol–water partition coefficient (Wildman–Crippen LogP) is 4.17. The average Bonchev–Trinajstić information content (AvgIpc) is 2.31. The van der Waals surface area contributed by atoms with Crippen molar-refractivity contribution in [2.75, 3.05) is 0 Å². The zero-order valence-corrected chi connectivity index (χ0v) is 11.5. The largest absolute Gasteiger partial charge is 0.428 e. The average molecular weight is 248 g/mol. The molecule has 0 fully saturated rings. The first-order valence-electron chi connectivity index (χ1n) is 7.40. The molecule has 100 valence electrons. The van der Waals surface area contributed by atoms with Crippen molar-refractivity contribution >= 4 is 0 Å². The van der Waals surface area contributed by atoms with E-state index in [1.54, 1.807) is 0 Å². The lowest BCUT2D eigenvalue weighted by Gasteiger charge is -2.10. The molecule has 0 bridgehead atoms. The van der Waals surface area contributed by atoms with E-state index in [2.05, 4.69) is 6.07 Å². The maximum absolute atomic E-state index is 11.9. The van der Waals surface area contributed by atoms with Gasteiger partial charge in [-0.05, 0) is 44.2 Å². The fourth-order valence-electron chi connectivity index (χ4n) is 2.86. The van der Waals surface area contributed by atoms with Crippen molar-refractivity contribution in [3.05, 3.63) is 33.4 Å². The van der Waals surface area contributed by atoms with Gasteiger partial charge in [0.25, 0.3) is 0 Å². The molecule has 0 atom stereocenters. The first-order chi connectivity index (χ1) is 8.77. The molecule has 0 unspecified atom stereocenters. The van der Waals surface area contributed by atoms with Gasteiger partial charge in [0.15, 0.2) is 0 Å².